The van der Waals surface area contributed by atoms with Gasteiger partial charge in [-0.2, -0.15) is 0 Å². The van der Waals surface area contributed by atoms with Gasteiger partial charge in [0.15, 0.2) is 5.76 Å². The second-order valence-corrected chi connectivity index (χ2v) is 7.67. The second-order valence-electron chi connectivity index (χ2n) is 7.67. The highest BCUT2D eigenvalue weighted by atomic mass is 16.5. The number of aromatic nitrogens is 3. The van der Waals surface area contributed by atoms with Crippen LogP contribution >= 0.6 is 0 Å². The number of aryl methyl sites for hydroxylation is 2. The maximum Gasteiger partial charge on any atom is 0.227 e. The molecule has 3 aromatic rings. The minimum atomic E-state index is -0.105. The van der Waals surface area contributed by atoms with Crippen LogP contribution in [0.3, 0.4) is 0 Å². The van der Waals surface area contributed by atoms with Crippen molar-refractivity contribution < 1.29 is 14.1 Å². The monoisotopic (exact) mass is 406 g/mol. The van der Waals surface area contributed by atoms with E-state index in [0.29, 0.717) is 18.0 Å². The number of piperidine rings is 1. The molecule has 7 heteroatoms. The number of benzene rings is 1. The number of hydrogen-bond donors (Lipinski definition) is 0. The Morgan fingerprint density at radius 3 is 2.73 bits per heavy atom. The summed E-state index contributed by atoms with van der Waals surface area (Å²) in [5, 5.41) is 4.00. The van der Waals surface area contributed by atoms with Crippen molar-refractivity contribution in [3.05, 3.63) is 59.3 Å². The van der Waals surface area contributed by atoms with Crippen LogP contribution in [0.15, 0.2) is 41.1 Å². The smallest absolute Gasteiger partial charge is 0.227 e. The number of methoxy groups -OCH3 is 1. The molecule has 7 nitrogen and oxygen atoms in total. The van der Waals surface area contributed by atoms with Gasteiger partial charge in [-0.25, -0.2) is 9.97 Å². The Hall–Kier alpha value is -3.22. The van der Waals surface area contributed by atoms with Gasteiger partial charge in [0.1, 0.15) is 11.6 Å². The summed E-state index contributed by atoms with van der Waals surface area (Å²) >= 11 is 0. The number of rotatable bonds is 5. The number of nitrogens with zero attached hydrogens (tertiary/aromatic N) is 4. The van der Waals surface area contributed by atoms with Crippen molar-refractivity contribution in [3.8, 4) is 17.1 Å². The summed E-state index contributed by atoms with van der Waals surface area (Å²) in [4.78, 5) is 24.3. The summed E-state index contributed by atoms with van der Waals surface area (Å²) in [6.07, 6.45) is 5.03. The molecule has 0 radical (unpaired) electrons. The van der Waals surface area contributed by atoms with Crippen LogP contribution in [0, 0.1) is 13.8 Å². The Morgan fingerprint density at radius 2 is 2.03 bits per heavy atom. The number of likely N-dealkylation sites (tertiary alicyclic amines) is 1. The third-order valence-corrected chi connectivity index (χ3v) is 5.49. The first-order valence-corrected chi connectivity index (χ1v) is 10.2. The van der Waals surface area contributed by atoms with Gasteiger partial charge in [-0.3, -0.25) is 4.79 Å². The first kappa shape index (κ1) is 20.1. The standard InChI is InChI=1S/C23H26N4O3/c1-15-12-21(30-26-15)19-14-24-16(2)25-23(19)20-6-4-5-11-27(20)22(28)13-17-7-9-18(29-3)10-8-17/h7-10,12,14,20H,4-6,11,13H2,1-3H3. The van der Waals surface area contributed by atoms with Crippen LogP contribution in [-0.4, -0.2) is 39.6 Å². The molecule has 30 heavy (non-hydrogen) atoms. The molecule has 0 aliphatic carbocycles. The third kappa shape index (κ3) is 4.20. The van der Waals surface area contributed by atoms with Crippen LogP contribution in [0.5, 0.6) is 5.75 Å². The molecule has 1 atom stereocenters. The molecule has 0 saturated carbocycles. The largest absolute Gasteiger partial charge is 0.497 e. The normalized spacial score (nSPS) is 16.5. The average Bonchev–Trinajstić information content (AvgIpc) is 3.20. The molecule has 2 aromatic heterocycles. The third-order valence-electron chi connectivity index (χ3n) is 5.49. The fourth-order valence-electron chi connectivity index (χ4n) is 3.96. The van der Waals surface area contributed by atoms with Crippen molar-refractivity contribution in [1.82, 2.24) is 20.0 Å². The molecule has 156 valence electrons. The van der Waals surface area contributed by atoms with E-state index in [1.165, 1.54) is 0 Å². The van der Waals surface area contributed by atoms with Gasteiger partial charge in [0.25, 0.3) is 0 Å². The first-order chi connectivity index (χ1) is 14.5. The number of amides is 1. The Labute approximate surface area is 176 Å². The summed E-state index contributed by atoms with van der Waals surface area (Å²) in [5.74, 6) is 2.19. The minimum absolute atomic E-state index is 0.0980. The molecular formula is C23H26N4O3. The predicted octanol–water partition coefficient (Wildman–Crippen LogP) is 4.05. The topological polar surface area (TPSA) is 81.4 Å². The fourth-order valence-corrected chi connectivity index (χ4v) is 3.96. The number of carbonyl (C=O) groups excluding carboxylic acids is 1. The van der Waals surface area contributed by atoms with Gasteiger partial charge in [-0.15, -0.1) is 0 Å². The highest BCUT2D eigenvalue weighted by molar-refractivity contribution is 5.79. The molecule has 0 bridgehead atoms. The maximum atomic E-state index is 13.3. The molecule has 4 rings (SSSR count). The van der Waals surface area contributed by atoms with Gasteiger partial charge < -0.3 is 14.2 Å². The molecule has 0 N–H and O–H groups in total. The van der Waals surface area contributed by atoms with E-state index in [-0.39, 0.29) is 11.9 Å². The lowest BCUT2D eigenvalue weighted by Gasteiger charge is -2.36. The summed E-state index contributed by atoms with van der Waals surface area (Å²) < 4.78 is 10.7. The Bertz CT molecular complexity index is 1030. The van der Waals surface area contributed by atoms with E-state index in [1.54, 1.807) is 13.3 Å². The van der Waals surface area contributed by atoms with E-state index in [9.17, 15) is 4.79 Å². The zero-order valence-electron chi connectivity index (χ0n) is 17.6. The highest BCUT2D eigenvalue weighted by Crippen LogP contribution is 2.36. The van der Waals surface area contributed by atoms with Crippen molar-refractivity contribution in [2.75, 3.05) is 13.7 Å². The molecule has 1 fully saturated rings. The van der Waals surface area contributed by atoms with Gasteiger partial charge in [0, 0.05) is 18.8 Å². The molecule has 1 aliphatic rings. The lowest BCUT2D eigenvalue weighted by molar-refractivity contribution is -0.134. The van der Waals surface area contributed by atoms with E-state index >= 15 is 0 Å². The van der Waals surface area contributed by atoms with Crippen LogP contribution in [0.2, 0.25) is 0 Å². The van der Waals surface area contributed by atoms with Gasteiger partial charge in [0.05, 0.1) is 36.5 Å². The van der Waals surface area contributed by atoms with Gasteiger partial charge >= 0.3 is 0 Å². The number of carbonyl (C=O) groups is 1. The Balaban J connectivity index is 1.63. The van der Waals surface area contributed by atoms with Crippen LogP contribution < -0.4 is 4.74 Å². The fraction of sp³-hybridized carbons (Fsp3) is 0.391. The summed E-state index contributed by atoms with van der Waals surface area (Å²) in [5.41, 5.74) is 3.40. The molecule has 0 spiro atoms. The van der Waals surface area contributed by atoms with E-state index < -0.39 is 0 Å². The van der Waals surface area contributed by atoms with Crippen molar-refractivity contribution in [3.63, 3.8) is 0 Å². The van der Waals surface area contributed by atoms with Gasteiger partial charge in [-0.1, -0.05) is 17.3 Å². The lowest BCUT2D eigenvalue weighted by Crippen LogP contribution is -2.40. The quantitative estimate of drug-likeness (QED) is 0.636. The number of ether oxygens (including phenoxy) is 1. The lowest BCUT2D eigenvalue weighted by atomic mass is 9.94. The van der Waals surface area contributed by atoms with E-state index in [4.69, 9.17) is 14.2 Å². The highest BCUT2D eigenvalue weighted by Gasteiger charge is 2.32. The molecule has 3 heterocycles. The minimum Gasteiger partial charge on any atom is -0.497 e. The Morgan fingerprint density at radius 1 is 1.23 bits per heavy atom. The summed E-state index contributed by atoms with van der Waals surface area (Å²) in [6.45, 7) is 4.47. The number of hydrogen-bond acceptors (Lipinski definition) is 6. The molecular weight excluding hydrogens is 380 g/mol. The van der Waals surface area contributed by atoms with Gasteiger partial charge in [0.2, 0.25) is 5.91 Å². The van der Waals surface area contributed by atoms with Crippen molar-refractivity contribution in [2.45, 2.75) is 45.6 Å². The first-order valence-electron chi connectivity index (χ1n) is 10.2. The van der Waals surface area contributed by atoms with Crippen LogP contribution in [0.25, 0.3) is 11.3 Å². The maximum absolute atomic E-state index is 13.3. The van der Waals surface area contributed by atoms with E-state index in [0.717, 1.165) is 54.1 Å². The zero-order valence-corrected chi connectivity index (χ0v) is 17.6. The van der Waals surface area contributed by atoms with Crippen LogP contribution in [0.4, 0.5) is 0 Å². The Kier molecular flexibility index (Phi) is 5.79. The zero-order chi connectivity index (χ0) is 21.1. The van der Waals surface area contributed by atoms with E-state index in [1.807, 2.05) is 49.1 Å². The summed E-state index contributed by atoms with van der Waals surface area (Å²) in [6, 6.07) is 9.42. The second kappa shape index (κ2) is 8.65. The molecule has 1 unspecified atom stereocenters. The SMILES string of the molecule is COc1ccc(CC(=O)N2CCCCC2c2nc(C)ncc2-c2cc(C)no2)cc1. The molecule has 1 aliphatic heterocycles. The van der Waals surface area contributed by atoms with Crippen LogP contribution in [0.1, 0.15) is 48.1 Å². The molecule has 1 aromatic carbocycles. The van der Waals surface area contributed by atoms with Crippen LogP contribution in [-0.2, 0) is 11.2 Å². The van der Waals surface area contributed by atoms with Crippen molar-refractivity contribution >= 4 is 5.91 Å². The predicted molar refractivity (Wildman–Crippen MR) is 112 cm³/mol. The van der Waals surface area contributed by atoms with Gasteiger partial charge in [-0.05, 0) is 50.8 Å². The molecule has 1 amide bonds. The van der Waals surface area contributed by atoms with Crippen molar-refractivity contribution in [1.29, 1.82) is 0 Å². The van der Waals surface area contributed by atoms with Crippen molar-refractivity contribution in [2.24, 2.45) is 0 Å². The van der Waals surface area contributed by atoms with E-state index in [2.05, 4.69) is 10.1 Å². The summed E-state index contributed by atoms with van der Waals surface area (Å²) in [7, 11) is 1.63. The molecule has 1 saturated heterocycles. The average molecular weight is 406 g/mol.